The number of aliphatic hydroxyl groups excluding tert-OH is 1. The van der Waals surface area contributed by atoms with Crippen LogP contribution in [0.15, 0.2) is 6.07 Å². The summed E-state index contributed by atoms with van der Waals surface area (Å²) < 4.78 is 1.47. The van der Waals surface area contributed by atoms with Crippen molar-refractivity contribution in [2.45, 2.75) is 6.42 Å². The van der Waals surface area contributed by atoms with Crippen LogP contribution in [0.25, 0.3) is 0 Å². The number of aromatic hydroxyl groups is 2. The largest absolute Gasteiger partial charge is 0.504 e. The Bertz CT molecular complexity index is 326. The van der Waals surface area contributed by atoms with Gasteiger partial charge in [0.2, 0.25) is 0 Å². The number of rotatable bonds is 2. The van der Waals surface area contributed by atoms with Crippen LogP contribution >= 0.6 is 45.2 Å². The van der Waals surface area contributed by atoms with Gasteiger partial charge in [-0.25, -0.2) is 0 Å². The maximum absolute atomic E-state index is 9.52. The predicted octanol–water partition coefficient (Wildman–Crippen LogP) is 1.84. The molecule has 0 spiro atoms. The van der Waals surface area contributed by atoms with Crippen molar-refractivity contribution in [3.63, 3.8) is 0 Å². The quantitative estimate of drug-likeness (QED) is 0.519. The van der Waals surface area contributed by atoms with Gasteiger partial charge in [0.1, 0.15) is 0 Å². The van der Waals surface area contributed by atoms with Gasteiger partial charge < -0.3 is 15.3 Å². The van der Waals surface area contributed by atoms with Crippen LogP contribution < -0.4 is 0 Å². The van der Waals surface area contributed by atoms with E-state index in [1.54, 1.807) is 6.07 Å². The third-order valence-electron chi connectivity index (χ3n) is 1.64. The standard InChI is InChI=1S/C8H8I2O3/c9-5-3-6(10)8(13)7(12)4(5)1-2-11/h3,11-13H,1-2H2. The molecule has 3 N–H and O–H groups in total. The van der Waals surface area contributed by atoms with Crippen LogP contribution in [-0.4, -0.2) is 21.9 Å². The van der Waals surface area contributed by atoms with E-state index in [9.17, 15) is 10.2 Å². The smallest absolute Gasteiger partial charge is 0.171 e. The van der Waals surface area contributed by atoms with Crippen molar-refractivity contribution >= 4 is 45.2 Å². The number of hydrogen-bond acceptors (Lipinski definition) is 3. The molecule has 0 fully saturated rings. The zero-order chi connectivity index (χ0) is 10.0. The number of halogens is 2. The highest BCUT2D eigenvalue weighted by Gasteiger charge is 2.13. The van der Waals surface area contributed by atoms with Crippen LogP contribution in [0.1, 0.15) is 5.56 Å². The van der Waals surface area contributed by atoms with Crippen LogP contribution in [0, 0.1) is 7.14 Å². The van der Waals surface area contributed by atoms with Crippen LogP contribution in [0.5, 0.6) is 11.5 Å². The Morgan fingerprint density at radius 1 is 1.08 bits per heavy atom. The van der Waals surface area contributed by atoms with Crippen molar-refractivity contribution in [3.8, 4) is 11.5 Å². The van der Waals surface area contributed by atoms with Gasteiger partial charge in [0.15, 0.2) is 11.5 Å². The fourth-order valence-corrected chi connectivity index (χ4v) is 2.98. The lowest BCUT2D eigenvalue weighted by Gasteiger charge is -2.08. The molecule has 13 heavy (non-hydrogen) atoms. The minimum atomic E-state index is -0.120. The van der Waals surface area contributed by atoms with Crippen molar-refractivity contribution in [1.82, 2.24) is 0 Å². The van der Waals surface area contributed by atoms with Gasteiger partial charge in [0.05, 0.1) is 3.57 Å². The summed E-state index contributed by atoms with van der Waals surface area (Å²) in [5.41, 5.74) is 0.598. The molecule has 0 radical (unpaired) electrons. The average Bonchev–Trinajstić information content (AvgIpc) is 2.09. The van der Waals surface area contributed by atoms with E-state index in [2.05, 4.69) is 22.6 Å². The predicted molar refractivity (Wildman–Crippen MR) is 66.0 cm³/mol. The molecule has 0 saturated heterocycles. The number of hydrogen-bond donors (Lipinski definition) is 3. The highest BCUT2D eigenvalue weighted by atomic mass is 127. The first-order valence-corrected chi connectivity index (χ1v) is 5.73. The van der Waals surface area contributed by atoms with Crippen LogP contribution in [-0.2, 0) is 6.42 Å². The summed E-state index contributed by atoms with van der Waals surface area (Å²) in [4.78, 5) is 0. The molecule has 0 bridgehead atoms. The number of phenolic OH excluding ortho intramolecular Hbond substituents is 2. The second kappa shape index (κ2) is 4.65. The fourth-order valence-electron chi connectivity index (χ4n) is 0.985. The first kappa shape index (κ1) is 11.3. The van der Waals surface area contributed by atoms with E-state index >= 15 is 0 Å². The summed E-state index contributed by atoms with van der Waals surface area (Å²) in [6.45, 7) is -0.0381. The van der Waals surface area contributed by atoms with Crippen LogP contribution in [0.3, 0.4) is 0 Å². The molecule has 1 aromatic rings. The summed E-state index contributed by atoms with van der Waals surface area (Å²) in [5.74, 6) is -0.227. The van der Waals surface area contributed by atoms with Gasteiger partial charge in [-0.3, -0.25) is 0 Å². The molecule has 0 amide bonds. The van der Waals surface area contributed by atoms with E-state index in [4.69, 9.17) is 5.11 Å². The Hall–Kier alpha value is 0.240. The first-order chi connectivity index (χ1) is 6.07. The maximum atomic E-state index is 9.52. The van der Waals surface area contributed by atoms with E-state index in [1.165, 1.54) is 0 Å². The zero-order valence-corrected chi connectivity index (χ0v) is 10.9. The lowest BCUT2D eigenvalue weighted by atomic mass is 10.1. The molecule has 0 aliphatic rings. The Morgan fingerprint density at radius 3 is 2.23 bits per heavy atom. The molecule has 0 aromatic heterocycles. The van der Waals surface area contributed by atoms with Gasteiger partial charge in [-0.15, -0.1) is 0 Å². The lowest BCUT2D eigenvalue weighted by molar-refractivity contribution is 0.296. The molecule has 5 heteroatoms. The summed E-state index contributed by atoms with van der Waals surface area (Å²) in [6, 6.07) is 1.77. The molecule has 0 aliphatic carbocycles. The molecule has 0 atom stereocenters. The highest BCUT2D eigenvalue weighted by Crippen LogP contribution is 2.36. The van der Waals surface area contributed by atoms with Crippen molar-refractivity contribution in [3.05, 3.63) is 18.8 Å². The molecule has 3 nitrogen and oxygen atoms in total. The van der Waals surface area contributed by atoms with Gasteiger partial charge in [-0.2, -0.15) is 0 Å². The number of aliphatic hydroxyl groups is 1. The highest BCUT2D eigenvalue weighted by molar-refractivity contribution is 14.1. The van der Waals surface area contributed by atoms with E-state index in [0.717, 1.165) is 3.57 Å². The van der Waals surface area contributed by atoms with E-state index in [0.29, 0.717) is 15.6 Å². The minimum Gasteiger partial charge on any atom is -0.504 e. The maximum Gasteiger partial charge on any atom is 0.171 e. The summed E-state index contributed by atoms with van der Waals surface area (Å²) >= 11 is 4.01. The van der Waals surface area contributed by atoms with E-state index < -0.39 is 0 Å². The van der Waals surface area contributed by atoms with Gasteiger partial charge in [-0.1, -0.05) is 0 Å². The van der Waals surface area contributed by atoms with Crippen molar-refractivity contribution in [1.29, 1.82) is 0 Å². The van der Waals surface area contributed by atoms with Crippen molar-refractivity contribution in [2.75, 3.05) is 6.61 Å². The van der Waals surface area contributed by atoms with Gasteiger partial charge in [0.25, 0.3) is 0 Å². The summed E-state index contributed by atoms with van der Waals surface area (Å²) in [7, 11) is 0. The molecule has 1 rings (SSSR count). The lowest BCUT2D eigenvalue weighted by Crippen LogP contribution is -1.96. The molecule has 0 unspecified atom stereocenters. The third-order valence-corrected chi connectivity index (χ3v) is 3.42. The monoisotopic (exact) mass is 406 g/mol. The zero-order valence-electron chi connectivity index (χ0n) is 6.59. The normalized spacial score (nSPS) is 10.4. The minimum absolute atomic E-state index is 0.0381. The molecular formula is C8H8I2O3. The first-order valence-electron chi connectivity index (χ1n) is 3.57. The Kier molecular flexibility index (Phi) is 4.05. The fraction of sp³-hybridized carbons (Fsp3) is 0.250. The van der Waals surface area contributed by atoms with E-state index in [1.807, 2.05) is 22.6 Å². The van der Waals surface area contributed by atoms with Crippen molar-refractivity contribution in [2.24, 2.45) is 0 Å². The molecular weight excluding hydrogens is 398 g/mol. The van der Waals surface area contributed by atoms with E-state index in [-0.39, 0.29) is 18.1 Å². The Labute approximate surface area is 103 Å². The second-order valence-corrected chi connectivity index (χ2v) is 4.81. The average molecular weight is 406 g/mol. The molecule has 0 aliphatic heterocycles. The number of benzene rings is 1. The Balaban J connectivity index is 3.26. The van der Waals surface area contributed by atoms with Gasteiger partial charge >= 0.3 is 0 Å². The summed E-state index contributed by atoms with van der Waals surface area (Å²) in [6.07, 6.45) is 0.356. The second-order valence-electron chi connectivity index (χ2n) is 2.49. The third kappa shape index (κ3) is 2.38. The Morgan fingerprint density at radius 2 is 1.69 bits per heavy atom. The number of phenols is 2. The molecule has 72 valence electrons. The van der Waals surface area contributed by atoms with Gasteiger partial charge in [-0.05, 0) is 51.2 Å². The SMILES string of the molecule is OCCc1c(I)cc(I)c(O)c1O. The molecule has 0 saturated carbocycles. The topological polar surface area (TPSA) is 60.7 Å². The molecule has 0 heterocycles. The van der Waals surface area contributed by atoms with Crippen molar-refractivity contribution < 1.29 is 15.3 Å². The summed E-state index contributed by atoms with van der Waals surface area (Å²) in [5, 5.41) is 27.6. The molecule has 1 aromatic carbocycles. The van der Waals surface area contributed by atoms with Gasteiger partial charge in [0, 0.05) is 22.2 Å². The van der Waals surface area contributed by atoms with Crippen LogP contribution in [0.2, 0.25) is 0 Å². The van der Waals surface area contributed by atoms with Crippen LogP contribution in [0.4, 0.5) is 0 Å².